The summed E-state index contributed by atoms with van der Waals surface area (Å²) < 4.78 is 0. The van der Waals surface area contributed by atoms with Crippen LogP contribution in [-0.4, -0.2) is 15.0 Å². The van der Waals surface area contributed by atoms with Gasteiger partial charge in [-0.05, 0) is 136 Å². The second-order valence-electron chi connectivity index (χ2n) is 17.7. The van der Waals surface area contributed by atoms with Crippen molar-refractivity contribution in [2.24, 2.45) is 17.8 Å². The second kappa shape index (κ2) is 15.5. The van der Waals surface area contributed by atoms with Gasteiger partial charge in [-0.25, -0.2) is 15.0 Å². The molecule has 4 aliphatic rings. The van der Waals surface area contributed by atoms with Crippen LogP contribution in [0.3, 0.4) is 0 Å². The smallest absolute Gasteiger partial charge is 0.164 e. The molecule has 296 valence electrons. The molecule has 8 aromatic rings. The van der Waals surface area contributed by atoms with E-state index >= 15 is 0 Å². The number of hydrogen-bond donors (Lipinski definition) is 0. The van der Waals surface area contributed by atoms with Crippen LogP contribution in [-0.2, 0) is 5.41 Å². The van der Waals surface area contributed by atoms with Gasteiger partial charge in [0, 0.05) is 16.7 Å². The summed E-state index contributed by atoms with van der Waals surface area (Å²) in [4.78, 5) is 15.4. The third kappa shape index (κ3) is 6.96. The maximum atomic E-state index is 9.45. The third-order valence-electron chi connectivity index (χ3n) is 13.9. The van der Waals surface area contributed by atoms with Gasteiger partial charge in [0.25, 0.3) is 0 Å². The summed E-state index contributed by atoms with van der Waals surface area (Å²) in [6.07, 6.45) is 8.59. The molecule has 1 aromatic heterocycles. The van der Waals surface area contributed by atoms with Crippen molar-refractivity contribution in [3.8, 4) is 90.8 Å². The summed E-state index contributed by atoms with van der Waals surface area (Å²) in [5.41, 5.74) is 14.4. The van der Waals surface area contributed by atoms with E-state index < -0.39 is 0 Å². The second-order valence-corrected chi connectivity index (χ2v) is 17.7. The highest BCUT2D eigenvalue weighted by atomic mass is 15.0. The number of nitrogens with zero attached hydrogens (tertiary/aromatic N) is 5. The molecule has 4 bridgehead atoms. The average Bonchev–Trinajstić information content (AvgIpc) is 3.34. The van der Waals surface area contributed by atoms with Gasteiger partial charge in [-0.1, -0.05) is 146 Å². The summed E-state index contributed by atoms with van der Waals surface area (Å²) in [6, 6.07) is 62.8. The SMILES string of the molecule is N#Cc1ccc(-c2ccccc2-c2nc(-c3ccc(-c4ccc(-c5ccc(C67CC8CC(CC(C8)C6)C7)cc5)cc4)cc3)nc(-c3ccccc3-c3ccc(C#N)cc3)n2)cc1. The van der Waals surface area contributed by atoms with E-state index in [1.807, 2.05) is 84.9 Å². The fourth-order valence-corrected chi connectivity index (χ4v) is 11.2. The van der Waals surface area contributed by atoms with E-state index in [4.69, 9.17) is 15.0 Å². The van der Waals surface area contributed by atoms with E-state index in [0.717, 1.165) is 67.8 Å². The van der Waals surface area contributed by atoms with E-state index in [9.17, 15) is 10.5 Å². The van der Waals surface area contributed by atoms with Crippen molar-refractivity contribution in [1.29, 1.82) is 10.5 Å². The first-order valence-corrected chi connectivity index (χ1v) is 21.8. The maximum Gasteiger partial charge on any atom is 0.164 e. The minimum Gasteiger partial charge on any atom is -0.208 e. The highest BCUT2D eigenvalue weighted by molar-refractivity contribution is 5.85. The Labute approximate surface area is 363 Å². The summed E-state index contributed by atoms with van der Waals surface area (Å²) in [5, 5.41) is 18.9. The molecule has 62 heavy (non-hydrogen) atoms. The van der Waals surface area contributed by atoms with Gasteiger partial charge in [0.05, 0.1) is 23.3 Å². The Morgan fingerprint density at radius 2 is 0.677 bits per heavy atom. The van der Waals surface area contributed by atoms with Gasteiger partial charge in [0.1, 0.15) is 0 Å². The number of benzene rings is 7. The number of nitriles is 2. The lowest BCUT2D eigenvalue weighted by molar-refractivity contribution is -0.00518. The van der Waals surface area contributed by atoms with Crippen LogP contribution in [0.1, 0.15) is 55.2 Å². The van der Waals surface area contributed by atoms with Gasteiger partial charge in [-0.15, -0.1) is 0 Å². The van der Waals surface area contributed by atoms with Crippen molar-refractivity contribution in [2.75, 3.05) is 0 Å². The molecule has 5 heteroatoms. The van der Waals surface area contributed by atoms with Crippen molar-refractivity contribution in [1.82, 2.24) is 15.0 Å². The molecule has 0 aliphatic heterocycles. The van der Waals surface area contributed by atoms with Crippen LogP contribution in [0.4, 0.5) is 0 Å². The highest BCUT2D eigenvalue weighted by Gasteiger charge is 2.51. The standard InChI is InChI=1S/C57H43N5/c58-35-37-9-13-46(14-10-37)50-5-1-3-7-52(50)55-60-54(61-56(62-55)53-8-4-2-6-51(53)47-15-11-38(36-59)12-16-47)48-23-21-44(22-24-48)42-17-19-43(20-18-42)45-25-27-49(28-26-45)57-32-39-29-40(33-57)31-41(30-39)34-57/h1-28,39-41H,29-34H2. The fourth-order valence-electron chi connectivity index (χ4n) is 11.2. The van der Waals surface area contributed by atoms with Crippen molar-refractivity contribution in [3.63, 3.8) is 0 Å². The molecule has 0 saturated heterocycles. The largest absolute Gasteiger partial charge is 0.208 e. The summed E-state index contributed by atoms with van der Waals surface area (Å²) >= 11 is 0. The molecule has 0 spiro atoms. The van der Waals surface area contributed by atoms with Crippen LogP contribution in [0.2, 0.25) is 0 Å². The van der Waals surface area contributed by atoms with Crippen molar-refractivity contribution < 1.29 is 0 Å². The van der Waals surface area contributed by atoms with Crippen LogP contribution in [0.15, 0.2) is 170 Å². The third-order valence-corrected chi connectivity index (χ3v) is 13.9. The zero-order valence-corrected chi connectivity index (χ0v) is 34.4. The summed E-state index contributed by atoms with van der Waals surface area (Å²) in [7, 11) is 0. The van der Waals surface area contributed by atoms with Gasteiger partial charge >= 0.3 is 0 Å². The Kier molecular flexibility index (Phi) is 9.40. The van der Waals surface area contributed by atoms with Crippen molar-refractivity contribution >= 4 is 0 Å². The first-order valence-electron chi connectivity index (χ1n) is 21.8. The normalized spacial score (nSPS) is 19.7. The van der Waals surface area contributed by atoms with Crippen LogP contribution in [0.25, 0.3) is 78.7 Å². The quantitative estimate of drug-likeness (QED) is 0.153. The lowest BCUT2D eigenvalue weighted by atomic mass is 9.48. The molecule has 4 fully saturated rings. The molecule has 1 heterocycles. The monoisotopic (exact) mass is 797 g/mol. The predicted molar refractivity (Wildman–Crippen MR) is 247 cm³/mol. The Bertz CT molecular complexity index is 2870. The van der Waals surface area contributed by atoms with E-state index in [1.54, 1.807) is 5.56 Å². The Morgan fingerprint density at radius 1 is 0.355 bits per heavy atom. The molecule has 0 atom stereocenters. The maximum absolute atomic E-state index is 9.45. The van der Waals surface area contributed by atoms with E-state index in [0.29, 0.717) is 34.0 Å². The summed E-state index contributed by atoms with van der Waals surface area (Å²) in [5.74, 6) is 4.49. The van der Waals surface area contributed by atoms with E-state index in [-0.39, 0.29) is 0 Å². The molecule has 0 radical (unpaired) electrons. The van der Waals surface area contributed by atoms with E-state index in [1.165, 1.54) is 49.7 Å². The Hall–Kier alpha value is -7.47. The topological polar surface area (TPSA) is 86.2 Å². The van der Waals surface area contributed by atoms with Crippen molar-refractivity contribution in [2.45, 2.75) is 43.9 Å². The first kappa shape index (κ1) is 37.5. The van der Waals surface area contributed by atoms with Crippen LogP contribution >= 0.6 is 0 Å². The predicted octanol–water partition coefficient (Wildman–Crippen LogP) is 13.8. The molecule has 0 unspecified atom stereocenters. The molecule has 4 aliphatic carbocycles. The van der Waals surface area contributed by atoms with Gasteiger partial charge in [0.15, 0.2) is 17.5 Å². The van der Waals surface area contributed by atoms with Gasteiger partial charge in [0.2, 0.25) is 0 Å². The van der Waals surface area contributed by atoms with Crippen molar-refractivity contribution in [3.05, 3.63) is 187 Å². The number of aromatic nitrogens is 3. The molecule has 0 N–H and O–H groups in total. The average molecular weight is 798 g/mol. The zero-order chi connectivity index (χ0) is 41.6. The first-order chi connectivity index (χ1) is 30.5. The minimum absolute atomic E-state index is 0.418. The van der Waals surface area contributed by atoms with Crippen LogP contribution in [0.5, 0.6) is 0 Å². The Balaban J connectivity index is 0.921. The molecule has 7 aromatic carbocycles. The lowest BCUT2D eigenvalue weighted by Crippen LogP contribution is -2.48. The van der Waals surface area contributed by atoms with Gasteiger partial charge in [-0.2, -0.15) is 10.5 Å². The fraction of sp³-hybridized carbons (Fsp3) is 0.175. The molecule has 0 amide bonds. The molecule has 5 nitrogen and oxygen atoms in total. The van der Waals surface area contributed by atoms with Crippen LogP contribution < -0.4 is 0 Å². The number of hydrogen-bond acceptors (Lipinski definition) is 5. The Morgan fingerprint density at radius 3 is 1.06 bits per heavy atom. The highest BCUT2D eigenvalue weighted by Crippen LogP contribution is 2.60. The van der Waals surface area contributed by atoms with Gasteiger partial charge in [-0.3, -0.25) is 0 Å². The summed E-state index contributed by atoms with van der Waals surface area (Å²) in [6.45, 7) is 0. The molecule has 12 rings (SSSR count). The lowest BCUT2D eigenvalue weighted by Gasteiger charge is -2.57. The molecular weight excluding hydrogens is 755 g/mol. The minimum atomic E-state index is 0.418. The zero-order valence-electron chi connectivity index (χ0n) is 34.4. The van der Waals surface area contributed by atoms with Crippen LogP contribution in [0, 0.1) is 40.4 Å². The molecule has 4 saturated carbocycles. The number of rotatable bonds is 8. The molecular formula is C57H43N5. The van der Waals surface area contributed by atoms with Gasteiger partial charge < -0.3 is 0 Å². The van der Waals surface area contributed by atoms with E-state index in [2.05, 4.69) is 97.1 Å².